The highest BCUT2D eigenvalue weighted by molar-refractivity contribution is 7.89. The third-order valence-corrected chi connectivity index (χ3v) is 2.85. The second kappa shape index (κ2) is 7.17. The van der Waals surface area contributed by atoms with Crippen molar-refractivity contribution in [3.8, 4) is 0 Å². The quantitative estimate of drug-likeness (QED) is 0.554. The van der Waals surface area contributed by atoms with E-state index in [2.05, 4.69) is 4.72 Å². The fourth-order valence-corrected chi connectivity index (χ4v) is 1.71. The van der Waals surface area contributed by atoms with Gasteiger partial charge in [0.1, 0.15) is 0 Å². The monoisotopic (exact) mass is 224 g/mol. The molecule has 5 nitrogen and oxygen atoms in total. The standard InChI is InChI=1S/C8H20N2O3S/c1-8(2)13-6-7-14(11,12)10-5-3-4-9/h8,10H,3-7,9H2,1-2H3. The van der Waals surface area contributed by atoms with E-state index in [9.17, 15) is 8.42 Å². The first-order valence-corrected chi connectivity index (χ1v) is 6.42. The highest BCUT2D eigenvalue weighted by atomic mass is 32.2. The fourth-order valence-electron chi connectivity index (χ4n) is 0.795. The Morgan fingerprint density at radius 2 is 2.07 bits per heavy atom. The Hall–Kier alpha value is -0.170. The molecule has 0 bridgehead atoms. The topological polar surface area (TPSA) is 81.4 Å². The number of nitrogens with one attached hydrogen (secondary N) is 1. The van der Waals surface area contributed by atoms with Gasteiger partial charge >= 0.3 is 0 Å². The Balaban J connectivity index is 3.62. The molecule has 0 spiro atoms. The summed E-state index contributed by atoms with van der Waals surface area (Å²) >= 11 is 0. The maximum Gasteiger partial charge on any atom is 0.213 e. The minimum Gasteiger partial charge on any atom is -0.378 e. The molecule has 0 fully saturated rings. The van der Waals surface area contributed by atoms with Crippen molar-refractivity contribution >= 4 is 10.0 Å². The molecule has 0 saturated carbocycles. The van der Waals surface area contributed by atoms with Crippen molar-refractivity contribution in [2.75, 3.05) is 25.4 Å². The Labute approximate surface area is 86.1 Å². The van der Waals surface area contributed by atoms with Crippen LogP contribution in [0.3, 0.4) is 0 Å². The van der Waals surface area contributed by atoms with Crippen LogP contribution in [-0.2, 0) is 14.8 Å². The summed E-state index contributed by atoms with van der Waals surface area (Å²) in [6.07, 6.45) is 0.721. The molecule has 0 aliphatic heterocycles. The molecular formula is C8H20N2O3S. The Bertz CT molecular complexity index is 227. The van der Waals surface area contributed by atoms with Crippen LogP contribution in [-0.4, -0.2) is 40.0 Å². The van der Waals surface area contributed by atoms with Crippen molar-refractivity contribution in [1.82, 2.24) is 4.72 Å². The average molecular weight is 224 g/mol. The van der Waals surface area contributed by atoms with E-state index in [1.165, 1.54) is 0 Å². The summed E-state index contributed by atoms with van der Waals surface area (Å²) in [6.45, 7) is 4.87. The zero-order valence-corrected chi connectivity index (χ0v) is 9.64. The van der Waals surface area contributed by atoms with Crippen molar-refractivity contribution in [1.29, 1.82) is 0 Å². The molecule has 0 atom stereocenters. The van der Waals surface area contributed by atoms with Crippen LogP contribution >= 0.6 is 0 Å². The highest BCUT2D eigenvalue weighted by Gasteiger charge is 2.09. The van der Waals surface area contributed by atoms with Crippen LogP contribution in [0.25, 0.3) is 0 Å². The normalized spacial score (nSPS) is 12.3. The van der Waals surface area contributed by atoms with Gasteiger partial charge in [-0.2, -0.15) is 0 Å². The molecule has 0 heterocycles. The van der Waals surface area contributed by atoms with Crippen molar-refractivity contribution in [2.24, 2.45) is 5.73 Å². The molecule has 86 valence electrons. The molecule has 0 aliphatic carbocycles. The maximum absolute atomic E-state index is 11.3. The molecule has 0 aromatic rings. The van der Waals surface area contributed by atoms with Crippen molar-refractivity contribution in [3.63, 3.8) is 0 Å². The molecule has 0 unspecified atom stereocenters. The van der Waals surface area contributed by atoms with Crippen LogP contribution < -0.4 is 10.5 Å². The SMILES string of the molecule is CC(C)OCCS(=O)(=O)NCCCN. The minimum absolute atomic E-state index is 0.00967. The van der Waals surface area contributed by atoms with Gasteiger partial charge in [-0.15, -0.1) is 0 Å². The first kappa shape index (κ1) is 13.8. The fraction of sp³-hybridized carbons (Fsp3) is 1.00. The summed E-state index contributed by atoms with van der Waals surface area (Å²) < 4.78 is 30.1. The third-order valence-electron chi connectivity index (χ3n) is 1.51. The molecule has 0 amide bonds. The number of ether oxygens (including phenoxy) is 1. The van der Waals surface area contributed by atoms with E-state index in [4.69, 9.17) is 10.5 Å². The Kier molecular flexibility index (Phi) is 7.08. The van der Waals surface area contributed by atoms with Gasteiger partial charge in [0, 0.05) is 6.54 Å². The van der Waals surface area contributed by atoms with E-state index in [1.807, 2.05) is 13.8 Å². The number of rotatable bonds is 8. The predicted molar refractivity (Wildman–Crippen MR) is 56.5 cm³/mol. The van der Waals surface area contributed by atoms with Gasteiger partial charge in [0.2, 0.25) is 10.0 Å². The summed E-state index contributed by atoms with van der Waals surface area (Å²) in [4.78, 5) is 0. The summed E-state index contributed by atoms with van der Waals surface area (Å²) in [5.41, 5.74) is 5.24. The van der Waals surface area contributed by atoms with Crippen LogP contribution in [0.5, 0.6) is 0 Å². The first-order valence-electron chi connectivity index (χ1n) is 4.77. The van der Waals surface area contributed by atoms with Gasteiger partial charge in [0.15, 0.2) is 0 Å². The first-order chi connectivity index (χ1) is 6.48. The summed E-state index contributed by atoms with van der Waals surface area (Å²) in [6, 6.07) is 0. The van der Waals surface area contributed by atoms with E-state index in [0.717, 1.165) is 0 Å². The van der Waals surface area contributed by atoms with Gasteiger partial charge in [-0.25, -0.2) is 13.1 Å². The van der Waals surface area contributed by atoms with Crippen LogP contribution in [0.15, 0.2) is 0 Å². The van der Waals surface area contributed by atoms with Gasteiger partial charge in [-0.3, -0.25) is 0 Å². The number of hydrogen-bond acceptors (Lipinski definition) is 4. The van der Waals surface area contributed by atoms with E-state index in [1.54, 1.807) is 0 Å². The lowest BCUT2D eigenvalue weighted by Crippen LogP contribution is -2.30. The summed E-state index contributed by atoms with van der Waals surface area (Å²) in [5, 5.41) is 0. The largest absolute Gasteiger partial charge is 0.378 e. The molecule has 0 saturated heterocycles. The molecule has 0 aromatic carbocycles. The lowest BCUT2D eigenvalue weighted by atomic mass is 10.4. The number of sulfonamides is 1. The molecule has 0 aliphatic rings. The molecule has 0 radical (unpaired) electrons. The van der Waals surface area contributed by atoms with E-state index >= 15 is 0 Å². The minimum atomic E-state index is -3.18. The smallest absolute Gasteiger partial charge is 0.213 e. The molecule has 3 N–H and O–H groups in total. The lowest BCUT2D eigenvalue weighted by Gasteiger charge is -2.08. The third kappa shape index (κ3) is 8.43. The van der Waals surface area contributed by atoms with Gasteiger partial charge in [0.05, 0.1) is 18.5 Å². The van der Waals surface area contributed by atoms with Crippen LogP contribution in [0.4, 0.5) is 0 Å². The number of hydrogen-bond donors (Lipinski definition) is 2. The van der Waals surface area contributed by atoms with Crippen molar-refractivity contribution in [3.05, 3.63) is 0 Å². The molecular weight excluding hydrogens is 204 g/mol. The van der Waals surface area contributed by atoms with E-state index < -0.39 is 10.0 Å². The predicted octanol–water partition coefficient (Wildman–Crippen LogP) is -0.320. The number of nitrogens with two attached hydrogens (primary N) is 1. The zero-order chi connectivity index (χ0) is 11.0. The van der Waals surface area contributed by atoms with Gasteiger partial charge in [0.25, 0.3) is 0 Å². The summed E-state index contributed by atoms with van der Waals surface area (Å²) in [7, 11) is -3.18. The molecule has 0 rings (SSSR count). The van der Waals surface area contributed by atoms with Gasteiger partial charge in [-0.05, 0) is 26.8 Å². The van der Waals surface area contributed by atoms with E-state index in [-0.39, 0.29) is 18.5 Å². The molecule has 6 heteroatoms. The second-order valence-corrected chi connectivity index (χ2v) is 5.20. The maximum atomic E-state index is 11.3. The lowest BCUT2D eigenvalue weighted by molar-refractivity contribution is 0.0911. The molecule has 14 heavy (non-hydrogen) atoms. The van der Waals surface area contributed by atoms with E-state index in [0.29, 0.717) is 19.5 Å². The molecule has 0 aromatic heterocycles. The Morgan fingerprint density at radius 1 is 1.43 bits per heavy atom. The van der Waals surface area contributed by atoms with Gasteiger partial charge in [-0.1, -0.05) is 0 Å². The second-order valence-electron chi connectivity index (χ2n) is 3.27. The highest BCUT2D eigenvalue weighted by Crippen LogP contribution is 1.90. The summed E-state index contributed by atoms with van der Waals surface area (Å²) in [5.74, 6) is 0.00967. The van der Waals surface area contributed by atoms with Crippen LogP contribution in [0.1, 0.15) is 20.3 Å². The van der Waals surface area contributed by atoms with Crippen LogP contribution in [0.2, 0.25) is 0 Å². The Morgan fingerprint density at radius 3 is 2.57 bits per heavy atom. The average Bonchev–Trinajstić information content (AvgIpc) is 2.03. The van der Waals surface area contributed by atoms with Crippen molar-refractivity contribution in [2.45, 2.75) is 26.4 Å². The van der Waals surface area contributed by atoms with Crippen molar-refractivity contribution < 1.29 is 13.2 Å². The van der Waals surface area contributed by atoms with Gasteiger partial charge < -0.3 is 10.5 Å². The zero-order valence-electron chi connectivity index (χ0n) is 8.82. The van der Waals surface area contributed by atoms with Crippen LogP contribution in [0, 0.1) is 0 Å².